The summed E-state index contributed by atoms with van der Waals surface area (Å²) in [4.78, 5) is 32.8. The van der Waals surface area contributed by atoms with Crippen molar-refractivity contribution < 1.29 is 14.1 Å². The zero-order valence-electron chi connectivity index (χ0n) is 18.2. The molecule has 0 saturated carbocycles. The highest BCUT2D eigenvalue weighted by Crippen LogP contribution is 2.37. The molecule has 2 amide bonds. The molecule has 162 valence electrons. The van der Waals surface area contributed by atoms with Gasteiger partial charge in [-0.05, 0) is 32.8 Å². The normalized spacial score (nSPS) is 18.4. The Hall–Kier alpha value is -3.00. The van der Waals surface area contributed by atoms with Gasteiger partial charge in [-0.2, -0.15) is 0 Å². The lowest BCUT2D eigenvalue weighted by Crippen LogP contribution is -2.44. The van der Waals surface area contributed by atoms with Crippen LogP contribution in [-0.4, -0.2) is 47.0 Å². The average molecular weight is 439 g/mol. The Kier molecular flexibility index (Phi) is 5.66. The molecule has 1 aliphatic rings. The maximum atomic E-state index is 13.1. The summed E-state index contributed by atoms with van der Waals surface area (Å²) in [6, 6.07) is 9.87. The molecule has 4 rings (SSSR count). The number of hydrogen-bond acceptors (Lipinski definition) is 6. The number of likely N-dealkylation sites (tertiary alicyclic amines) is 1. The number of rotatable bonds is 5. The fraction of sp³-hybridized carbons (Fsp3) is 0.391. The lowest BCUT2D eigenvalue weighted by atomic mass is 9.81. The molecular formula is C23H26N4O3S. The van der Waals surface area contributed by atoms with E-state index in [0.29, 0.717) is 36.6 Å². The molecule has 0 bridgehead atoms. The Morgan fingerprint density at radius 2 is 2.03 bits per heavy atom. The average Bonchev–Trinajstić information content (AvgIpc) is 3.47. The first kappa shape index (κ1) is 21.2. The minimum Gasteiger partial charge on any atom is -0.361 e. The highest BCUT2D eigenvalue weighted by Gasteiger charge is 2.47. The molecule has 1 aliphatic heterocycles. The number of aromatic nitrogens is 2. The first-order valence-electron chi connectivity index (χ1n) is 10.3. The fourth-order valence-corrected chi connectivity index (χ4v) is 5.20. The van der Waals surface area contributed by atoms with Crippen molar-refractivity contribution in [2.24, 2.45) is 5.41 Å². The minimum absolute atomic E-state index is 0.0629. The second-order valence-corrected chi connectivity index (χ2v) is 9.36. The third-order valence-corrected chi connectivity index (χ3v) is 7.00. The predicted octanol–water partition coefficient (Wildman–Crippen LogP) is 3.54. The van der Waals surface area contributed by atoms with E-state index in [9.17, 15) is 9.59 Å². The Bertz CT molecular complexity index is 1140. The smallest absolute Gasteiger partial charge is 0.265 e. The van der Waals surface area contributed by atoms with E-state index in [0.717, 1.165) is 27.5 Å². The van der Waals surface area contributed by atoms with Crippen LogP contribution in [0.3, 0.4) is 0 Å². The molecule has 3 aromatic rings. The van der Waals surface area contributed by atoms with Crippen molar-refractivity contribution in [2.75, 3.05) is 20.1 Å². The van der Waals surface area contributed by atoms with Gasteiger partial charge in [-0.25, -0.2) is 4.98 Å². The van der Waals surface area contributed by atoms with Crippen molar-refractivity contribution in [1.29, 1.82) is 0 Å². The van der Waals surface area contributed by atoms with E-state index in [2.05, 4.69) is 15.5 Å². The molecule has 2 aromatic heterocycles. The summed E-state index contributed by atoms with van der Waals surface area (Å²) in [5.41, 5.74) is 2.85. The molecule has 0 spiro atoms. The number of nitrogens with one attached hydrogen (secondary N) is 1. The monoisotopic (exact) mass is 438 g/mol. The Morgan fingerprint density at radius 1 is 1.26 bits per heavy atom. The van der Waals surface area contributed by atoms with Gasteiger partial charge in [0, 0.05) is 38.2 Å². The SMILES string of the molecule is CNC(=O)[C@]1(Cc2cc(-c3ccccc3C)no2)CCN(C(=O)c2sc(C)nc2C)C1. The van der Waals surface area contributed by atoms with Crippen molar-refractivity contribution in [3.8, 4) is 11.3 Å². The molecule has 0 unspecified atom stereocenters. The molecule has 1 atom stereocenters. The number of carbonyl (C=O) groups is 2. The standard InChI is InChI=1S/C23H26N4O3S/c1-14-7-5-6-8-18(14)19-11-17(30-26-19)12-23(22(29)24-4)9-10-27(13-23)21(28)20-15(2)25-16(3)31-20/h5-8,11H,9-10,12-13H2,1-4H3,(H,24,29)/t23-/m0/s1. The van der Waals surface area contributed by atoms with Gasteiger partial charge in [-0.15, -0.1) is 11.3 Å². The first-order chi connectivity index (χ1) is 14.8. The molecule has 3 heterocycles. The maximum Gasteiger partial charge on any atom is 0.265 e. The van der Waals surface area contributed by atoms with E-state index in [1.165, 1.54) is 11.3 Å². The summed E-state index contributed by atoms with van der Waals surface area (Å²) in [5.74, 6) is 0.488. The largest absolute Gasteiger partial charge is 0.361 e. The van der Waals surface area contributed by atoms with Crippen molar-refractivity contribution in [2.45, 2.75) is 33.6 Å². The van der Waals surface area contributed by atoms with Gasteiger partial charge in [0.05, 0.1) is 16.1 Å². The van der Waals surface area contributed by atoms with Crippen LogP contribution in [0.5, 0.6) is 0 Å². The second kappa shape index (κ2) is 8.26. The Morgan fingerprint density at radius 3 is 2.71 bits per heavy atom. The molecular weight excluding hydrogens is 412 g/mol. The van der Waals surface area contributed by atoms with Crippen LogP contribution in [-0.2, 0) is 11.2 Å². The van der Waals surface area contributed by atoms with Gasteiger partial charge < -0.3 is 14.7 Å². The van der Waals surface area contributed by atoms with Crippen molar-refractivity contribution in [3.05, 3.63) is 57.2 Å². The molecule has 1 aromatic carbocycles. The highest BCUT2D eigenvalue weighted by atomic mass is 32.1. The summed E-state index contributed by atoms with van der Waals surface area (Å²) < 4.78 is 5.62. The molecule has 0 aliphatic carbocycles. The van der Waals surface area contributed by atoms with Gasteiger partial charge in [-0.3, -0.25) is 9.59 Å². The van der Waals surface area contributed by atoms with Crippen LogP contribution >= 0.6 is 11.3 Å². The van der Waals surface area contributed by atoms with E-state index < -0.39 is 5.41 Å². The number of carbonyl (C=O) groups excluding carboxylic acids is 2. The number of aryl methyl sites for hydroxylation is 3. The van der Waals surface area contributed by atoms with E-state index in [1.807, 2.05) is 51.1 Å². The van der Waals surface area contributed by atoms with Gasteiger partial charge in [-0.1, -0.05) is 29.4 Å². The lowest BCUT2D eigenvalue weighted by Gasteiger charge is -2.26. The summed E-state index contributed by atoms with van der Waals surface area (Å²) in [5, 5.41) is 7.87. The van der Waals surface area contributed by atoms with Crippen molar-refractivity contribution in [1.82, 2.24) is 20.4 Å². The number of nitrogens with zero attached hydrogens (tertiary/aromatic N) is 3. The molecule has 31 heavy (non-hydrogen) atoms. The van der Waals surface area contributed by atoms with Crippen LogP contribution in [0.4, 0.5) is 0 Å². The van der Waals surface area contributed by atoms with Crippen molar-refractivity contribution >= 4 is 23.2 Å². The first-order valence-corrected chi connectivity index (χ1v) is 11.1. The number of benzene rings is 1. The fourth-order valence-electron chi connectivity index (χ4n) is 4.31. The van der Waals surface area contributed by atoms with Gasteiger partial charge >= 0.3 is 0 Å². The van der Waals surface area contributed by atoms with Crippen LogP contribution in [0.2, 0.25) is 0 Å². The zero-order chi connectivity index (χ0) is 22.2. The molecule has 1 fully saturated rings. The van der Waals surface area contributed by atoms with E-state index in [-0.39, 0.29) is 11.8 Å². The predicted molar refractivity (Wildman–Crippen MR) is 119 cm³/mol. The van der Waals surface area contributed by atoms with Crippen LogP contribution in [0, 0.1) is 26.2 Å². The van der Waals surface area contributed by atoms with E-state index in [1.54, 1.807) is 11.9 Å². The number of hydrogen-bond donors (Lipinski definition) is 1. The van der Waals surface area contributed by atoms with Crippen LogP contribution < -0.4 is 5.32 Å². The third kappa shape index (κ3) is 3.99. The molecule has 0 radical (unpaired) electrons. The van der Waals surface area contributed by atoms with Crippen LogP contribution in [0.25, 0.3) is 11.3 Å². The van der Waals surface area contributed by atoms with Gasteiger partial charge in [0.2, 0.25) is 5.91 Å². The lowest BCUT2D eigenvalue weighted by molar-refractivity contribution is -0.130. The molecule has 1 N–H and O–H groups in total. The van der Waals surface area contributed by atoms with E-state index >= 15 is 0 Å². The quantitative estimate of drug-likeness (QED) is 0.658. The highest BCUT2D eigenvalue weighted by molar-refractivity contribution is 7.13. The summed E-state index contributed by atoms with van der Waals surface area (Å²) in [6.07, 6.45) is 0.950. The summed E-state index contributed by atoms with van der Waals surface area (Å²) >= 11 is 1.40. The van der Waals surface area contributed by atoms with Gasteiger partial charge in [0.25, 0.3) is 5.91 Å². The Labute approximate surface area is 185 Å². The molecule has 8 heteroatoms. The number of amides is 2. The van der Waals surface area contributed by atoms with Gasteiger partial charge in [0.1, 0.15) is 16.3 Å². The second-order valence-electron chi connectivity index (χ2n) is 8.15. The Balaban J connectivity index is 1.57. The number of thiazole rings is 1. The maximum absolute atomic E-state index is 13.1. The van der Waals surface area contributed by atoms with Crippen molar-refractivity contribution in [3.63, 3.8) is 0 Å². The van der Waals surface area contributed by atoms with Gasteiger partial charge in [0.15, 0.2) is 0 Å². The summed E-state index contributed by atoms with van der Waals surface area (Å²) in [6.45, 7) is 6.62. The third-order valence-electron chi connectivity index (χ3n) is 5.94. The minimum atomic E-state index is -0.749. The van der Waals surface area contributed by atoms with E-state index in [4.69, 9.17) is 4.52 Å². The summed E-state index contributed by atoms with van der Waals surface area (Å²) in [7, 11) is 1.63. The zero-order valence-corrected chi connectivity index (χ0v) is 19.0. The van der Waals surface area contributed by atoms with Crippen LogP contribution in [0.15, 0.2) is 34.9 Å². The van der Waals surface area contributed by atoms with Crippen LogP contribution in [0.1, 0.15) is 38.1 Å². The molecule has 7 nitrogen and oxygen atoms in total. The molecule has 1 saturated heterocycles. The topological polar surface area (TPSA) is 88.3 Å².